The lowest BCUT2D eigenvalue weighted by atomic mass is 9.86. The van der Waals surface area contributed by atoms with Crippen molar-refractivity contribution in [2.75, 3.05) is 11.9 Å². The Morgan fingerprint density at radius 2 is 2.03 bits per heavy atom. The molecule has 2 aliphatic rings. The summed E-state index contributed by atoms with van der Waals surface area (Å²) < 4.78 is 27.3. The highest BCUT2D eigenvalue weighted by atomic mass is 35.5. The predicted octanol–water partition coefficient (Wildman–Crippen LogP) is 4.56. The van der Waals surface area contributed by atoms with Gasteiger partial charge in [0.25, 0.3) is 5.91 Å². The lowest BCUT2D eigenvalue weighted by Crippen LogP contribution is -2.56. The number of halogens is 1. The molecule has 1 aromatic heterocycles. The average molecular weight is 479 g/mol. The van der Waals surface area contributed by atoms with Gasteiger partial charge in [0.05, 0.1) is 16.9 Å². The van der Waals surface area contributed by atoms with E-state index >= 15 is 0 Å². The van der Waals surface area contributed by atoms with E-state index in [0.29, 0.717) is 40.6 Å². The second kappa shape index (κ2) is 7.62. The van der Waals surface area contributed by atoms with Crippen molar-refractivity contribution in [3.8, 4) is 5.75 Å². The number of nitrogens with zero attached hydrogens (tertiary/aromatic N) is 2. The Labute approximate surface area is 193 Å². The number of anilines is 1. The van der Waals surface area contributed by atoms with E-state index in [9.17, 15) is 13.9 Å². The second-order valence-corrected chi connectivity index (χ2v) is 12.1. The Balaban J connectivity index is 1.77. The molecule has 2 atom stereocenters. The van der Waals surface area contributed by atoms with Crippen LogP contribution in [0.3, 0.4) is 0 Å². The topological polar surface area (TPSA) is 130 Å². The average Bonchev–Trinajstić information content (AvgIpc) is 2.84. The van der Waals surface area contributed by atoms with Gasteiger partial charge in [0.1, 0.15) is 27.6 Å². The first kappa shape index (κ1) is 22.8. The third-order valence-electron chi connectivity index (χ3n) is 6.42. The van der Waals surface area contributed by atoms with Gasteiger partial charge in [-0.1, -0.05) is 11.6 Å². The van der Waals surface area contributed by atoms with Crippen LogP contribution in [0.25, 0.3) is 0 Å². The van der Waals surface area contributed by atoms with Crippen LogP contribution in [-0.4, -0.2) is 42.4 Å². The molecule has 0 radical (unpaired) electrons. The van der Waals surface area contributed by atoms with Crippen molar-refractivity contribution in [1.82, 2.24) is 4.98 Å². The largest absolute Gasteiger partial charge is 0.493 e. The van der Waals surface area contributed by atoms with E-state index in [1.165, 1.54) is 6.20 Å². The van der Waals surface area contributed by atoms with Crippen molar-refractivity contribution in [3.63, 3.8) is 0 Å². The first-order valence-electron chi connectivity index (χ1n) is 10.2. The van der Waals surface area contributed by atoms with Crippen molar-refractivity contribution in [2.45, 2.75) is 49.7 Å². The lowest BCUT2D eigenvalue weighted by molar-refractivity contribution is 0.102. The summed E-state index contributed by atoms with van der Waals surface area (Å²) in [5, 5.41) is 2.71. The molecule has 1 aromatic carbocycles. The number of carbonyl (C=O) groups is 1. The molecule has 0 spiro atoms. The summed E-state index contributed by atoms with van der Waals surface area (Å²) in [6, 6.07) is 6.90. The summed E-state index contributed by atoms with van der Waals surface area (Å²) in [5.41, 5.74) is 7.26. The molecular weight excluding hydrogens is 452 g/mol. The number of hydrogen-bond acceptors (Lipinski definition) is 7. The number of amidine groups is 1. The van der Waals surface area contributed by atoms with Crippen LogP contribution in [0.2, 0.25) is 5.02 Å². The summed E-state index contributed by atoms with van der Waals surface area (Å²) in [4.78, 5) is 21.7. The number of aliphatic imine (C=N–C) groups is 1. The first-order valence-corrected chi connectivity index (χ1v) is 12.2. The maximum atomic E-state index is 12.8. The molecule has 0 unspecified atom stereocenters. The molecule has 10 heteroatoms. The number of hydrogen-bond donors (Lipinski definition) is 4. The predicted molar refractivity (Wildman–Crippen MR) is 128 cm³/mol. The van der Waals surface area contributed by atoms with E-state index in [-0.39, 0.29) is 17.4 Å². The summed E-state index contributed by atoms with van der Waals surface area (Å²) in [6.45, 7) is 7.31. The van der Waals surface area contributed by atoms with Gasteiger partial charge in [0, 0.05) is 23.9 Å². The van der Waals surface area contributed by atoms with Gasteiger partial charge in [-0.2, -0.15) is 10.6 Å². The fraction of sp³-hybridized carbons (Fsp3) is 0.409. The zero-order valence-corrected chi connectivity index (χ0v) is 19.9. The van der Waals surface area contributed by atoms with Gasteiger partial charge in [0.15, 0.2) is 0 Å². The van der Waals surface area contributed by atoms with E-state index in [0.717, 1.165) is 0 Å². The number of nitrogens with one attached hydrogen (secondary N) is 1. The SMILES string of the molecule is Cc1cc(Cl)cnc1C(=O)Nc1ccc2c(c1)[C@@]1(C)N=C(N)C(C)(C)S(O)(O)[C@H]1CCO2. The third-order valence-corrected chi connectivity index (χ3v) is 9.83. The minimum Gasteiger partial charge on any atom is -0.493 e. The van der Waals surface area contributed by atoms with Crippen molar-refractivity contribution in [2.24, 2.45) is 10.7 Å². The highest BCUT2D eigenvalue weighted by Crippen LogP contribution is 2.66. The van der Waals surface area contributed by atoms with E-state index in [1.54, 1.807) is 45.0 Å². The molecule has 32 heavy (non-hydrogen) atoms. The molecule has 5 N–H and O–H groups in total. The van der Waals surface area contributed by atoms with Crippen molar-refractivity contribution in [1.29, 1.82) is 0 Å². The molecule has 4 rings (SSSR count). The van der Waals surface area contributed by atoms with Gasteiger partial charge in [0.2, 0.25) is 0 Å². The number of ether oxygens (including phenoxy) is 1. The Hall–Kier alpha value is -2.33. The summed E-state index contributed by atoms with van der Waals surface area (Å²) in [6.07, 6.45) is 1.83. The smallest absolute Gasteiger partial charge is 0.274 e. The Morgan fingerprint density at radius 1 is 1.31 bits per heavy atom. The quantitative estimate of drug-likeness (QED) is 0.500. The van der Waals surface area contributed by atoms with Gasteiger partial charge in [-0.3, -0.25) is 18.9 Å². The normalized spacial score (nSPS) is 26.5. The fourth-order valence-electron chi connectivity index (χ4n) is 4.34. The van der Waals surface area contributed by atoms with Gasteiger partial charge in [-0.05, 0) is 57.5 Å². The van der Waals surface area contributed by atoms with E-state index < -0.39 is 26.1 Å². The lowest BCUT2D eigenvalue weighted by Gasteiger charge is -2.58. The van der Waals surface area contributed by atoms with Crippen LogP contribution in [0.1, 0.15) is 48.8 Å². The van der Waals surface area contributed by atoms with Crippen LogP contribution >= 0.6 is 22.2 Å². The number of amides is 1. The van der Waals surface area contributed by atoms with Crippen LogP contribution < -0.4 is 15.8 Å². The molecule has 8 nitrogen and oxygen atoms in total. The molecule has 2 aliphatic heterocycles. The first-order chi connectivity index (χ1) is 14.9. The van der Waals surface area contributed by atoms with Gasteiger partial charge >= 0.3 is 0 Å². The zero-order valence-electron chi connectivity index (χ0n) is 18.3. The molecule has 172 valence electrons. The summed E-state index contributed by atoms with van der Waals surface area (Å²) in [7, 11) is -3.17. The van der Waals surface area contributed by atoms with Crippen LogP contribution in [-0.2, 0) is 5.54 Å². The number of aryl methyl sites for hydroxylation is 1. The van der Waals surface area contributed by atoms with Gasteiger partial charge in [-0.15, -0.1) is 0 Å². The monoisotopic (exact) mass is 478 g/mol. The number of rotatable bonds is 2. The van der Waals surface area contributed by atoms with Gasteiger partial charge < -0.3 is 15.8 Å². The van der Waals surface area contributed by atoms with E-state index in [1.807, 2.05) is 6.92 Å². The van der Waals surface area contributed by atoms with Crippen molar-refractivity contribution < 1.29 is 18.6 Å². The molecule has 0 fully saturated rings. The fourth-order valence-corrected chi connectivity index (χ4v) is 6.86. The molecule has 0 saturated carbocycles. The van der Waals surface area contributed by atoms with Crippen LogP contribution in [0, 0.1) is 6.92 Å². The maximum absolute atomic E-state index is 12.8. The Bertz CT molecular complexity index is 1140. The number of pyridine rings is 1. The Kier molecular flexibility index (Phi) is 5.44. The zero-order chi connectivity index (χ0) is 23.5. The second-order valence-electron chi connectivity index (χ2n) is 8.86. The van der Waals surface area contributed by atoms with Crippen molar-refractivity contribution in [3.05, 3.63) is 52.3 Å². The highest BCUT2D eigenvalue weighted by Gasteiger charge is 2.57. The number of carbonyl (C=O) groups excluding carboxylic acids is 1. The summed E-state index contributed by atoms with van der Waals surface area (Å²) in [5.74, 6) is 0.368. The van der Waals surface area contributed by atoms with Gasteiger partial charge in [-0.25, -0.2) is 4.98 Å². The third kappa shape index (κ3) is 3.44. The highest BCUT2D eigenvalue weighted by molar-refractivity contribution is 8.26. The standard InChI is InChI=1S/C22H27ClN4O4S/c1-12-9-13(23)11-25-18(12)19(28)26-14-5-6-16-15(10-14)22(4)17(7-8-31-16)32(29,30)21(2,3)20(24)27-22/h5-6,9-11,17,29-30H,7-8H2,1-4H3,(H2,24,27)(H,26,28)/t17-,22+/m0/s1. The molecule has 0 saturated heterocycles. The molecular formula is C22H27ClN4O4S. The molecule has 0 bridgehead atoms. The Morgan fingerprint density at radius 3 is 2.72 bits per heavy atom. The molecule has 0 aliphatic carbocycles. The number of benzene rings is 1. The molecule has 3 heterocycles. The van der Waals surface area contributed by atoms with Crippen LogP contribution in [0.15, 0.2) is 35.5 Å². The molecule has 1 amide bonds. The van der Waals surface area contributed by atoms with E-state index in [4.69, 9.17) is 27.1 Å². The van der Waals surface area contributed by atoms with Crippen LogP contribution in [0.4, 0.5) is 5.69 Å². The number of nitrogens with two attached hydrogens (primary N) is 1. The van der Waals surface area contributed by atoms with E-state index in [2.05, 4.69) is 10.3 Å². The minimum atomic E-state index is -3.17. The van der Waals surface area contributed by atoms with Crippen LogP contribution in [0.5, 0.6) is 5.75 Å². The van der Waals surface area contributed by atoms with Crippen molar-refractivity contribution >= 4 is 39.6 Å². The maximum Gasteiger partial charge on any atom is 0.274 e. The minimum absolute atomic E-state index is 0.180. The number of fused-ring (bicyclic) bond motifs is 3. The molecule has 2 aromatic rings. The number of aromatic nitrogens is 1. The summed E-state index contributed by atoms with van der Waals surface area (Å²) >= 11 is 5.94.